The molecular formula is C22H23NO7. The zero-order valence-corrected chi connectivity index (χ0v) is 16.8. The minimum absolute atomic E-state index is 0.0949. The summed E-state index contributed by atoms with van der Waals surface area (Å²) in [6, 6.07) is 10.8. The van der Waals surface area contributed by atoms with Crippen molar-refractivity contribution < 1.29 is 34.1 Å². The van der Waals surface area contributed by atoms with Gasteiger partial charge in [-0.05, 0) is 48.9 Å². The SMILES string of the molecule is COc1ccc([C@H](OC(=O)Nc2ccc(C(C)=O)cc2)[C@@H](C)/C=C/C(=O)O)cc1O. The molecule has 0 fully saturated rings. The van der Waals surface area contributed by atoms with Gasteiger partial charge in [0, 0.05) is 23.2 Å². The van der Waals surface area contributed by atoms with E-state index in [1.54, 1.807) is 37.3 Å². The van der Waals surface area contributed by atoms with Gasteiger partial charge in [-0.1, -0.05) is 19.1 Å². The van der Waals surface area contributed by atoms with E-state index in [-0.39, 0.29) is 17.3 Å². The molecule has 2 rings (SSSR count). The van der Waals surface area contributed by atoms with Gasteiger partial charge < -0.3 is 19.7 Å². The van der Waals surface area contributed by atoms with Crippen LogP contribution < -0.4 is 10.1 Å². The number of carbonyl (C=O) groups excluding carboxylic acids is 2. The monoisotopic (exact) mass is 413 g/mol. The number of anilines is 1. The van der Waals surface area contributed by atoms with Crippen molar-refractivity contribution in [3.05, 3.63) is 65.7 Å². The van der Waals surface area contributed by atoms with Crippen LogP contribution in [0.25, 0.3) is 0 Å². The quantitative estimate of drug-likeness (QED) is 0.438. The van der Waals surface area contributed by atoms with Crippen LogP contribution in [-0.4, -0.2) is 35.2 Å². The van der Waals surface area contributed by atoms with Gasteiger partial charge in [0.1, 0.15) is 6.10 Å². The highest BCUT2D eigenvalue weighted by atomic mass is 16.6. The van der Waals surface area contributed by atoms with Crippen molar-refractivity contribution in [1.29, 1.82) is 0 Å². The van der Waals surface area contributed by atoms with E-state index >= 15 is 0 Å². The molecule has 8 heteroatoms. The molecule has 1 amide bonds. The van der Waals surface area contributed by atoms with Crippen molar-refractivity contribution in [3.8, 4) is 11.5 Å². The standard InChI is InChI=1S/C22H23NO7/c1-13(4-11-20(26)27)21(16-7-10-19(29-3)18(25)12-16)30-22(28)23-17-8-5-15(6-9-17)14(2)24/h4-13,21,25H,1-3H3,(H,23,28)(H,26,27)/b11-4+/t13-,21+/m0/s1. The summed E-state index contributed by atoms with van der Waals surface area (Å²) in [5.74, 6) is -1.63. The van der Waals surface area contributed by atoms with E-state index in [9.17, 15) is 19.5 Å². The van der Waals surface area contributed by atoms with Gasteiger partial charge in [0.05, 0.1) is 7.11 Å². The number of phenols is 1. The number of phenolic OH excluding ortho intramolecular Hbond substituents is 1. The summed E-state index contributed by atoms with van der Waals surface area (Å²) >= 11 is 0. The zero-order chi connectivity index (χ0) is 22.3. The summed E-state index contributed by atoms with van der Waals surface area (Å²) in [6.07, 6.45) is 0.696. The third-order valence-electron chi connectivity index (χ3n) is 4.32. The van der Waals surface area contributed by atoms with E-state index in [4.69, 9.17) is 14.6 Å². The first-order chi connectivity index (χ1) is 14.2. The second-order valence-electron chi connectivity index (χ2n) is 6.57. The lowest BCUT2D eigenvalue weighted by Crippen LogP contribution is -2.21. The average Bonchev–Trinajstić information content (AvgIpc) is 2.70. The molecule has 0 saturated carbocycles. The number of aromatic hydroxyl groups is 1. The number of benzene rings is 2. The lowest BCUT2D eigenvalue weighted by Gasteiger charge is -2.23. The van der Waals surface area contributed by atoms with Crippen LogP contribution in [-0.2, 0) is 9.53 Å². The lowest BCUT2D eigenvalue weighted by molar-refractivity contribution is -0.131. The first-order valence-corrected chi connectivity index (χ1v) is 9.08. The molecule has 30 heavy (non-hydrogen) atoms. The van der Waals surface area contributed by atoms with E-state index in [1.807, 2.05) is 0 Å². The van der Waals surface area contributed by atoms with Gasteiger partial charge in [-0.3, -0.25) is 10.1 Å². The van der Waals surface area contributed by atoms with Crippen LogP contribution in [0.3, 0.4) is 0 Å². The number of hydrogen-bond acceptors (Lipinski definition) is 6. The third-order valence-corrected chi connectivity index (χ3v) is 4.32. The van der Waals surface area contributed by atoms with Gasteiger partial charge in [-0.15, -0.1) is 0 Å². The predicted molar refractivity (Wildman–Crippen MR) is 110 cm³/mol. The van der Waals surface area contributed by atoms with E-state index in [0.717, 1.165) is 6.08 Å². The highest BCUT2D eigenvalue weighted by Crippen LogP contribution is 2.34. The van der Waals surface area contributed by atoms with Crippen molar-refractivity contribution in [2.75, 3.05) is 12.4 Å². The smallest absolute Gasteiger partial charge is 0.412 e. The van der Waals surface area contributed by atoms with Crippen LogP contribution in [0.4, 0.5) is 10.5 Å². The predicted octanol–water partition coefficient (Wildman–Crippen LogP) is 4.17. The summed E-state index contributed by atoms with van der Waals surface area (Å²) in [7, 11) is 1.41. The molecule has 0 aliphatic carbocycles. The van der Waals surface area contributed by atoms with Crippen LogP contribution in [0.2, 0.25) is 0 Å². The number of rotatable bonds is 8. The van der Waals surface area contributed by atoms with Gasteiger partial charge in [-0.25, -0.2) is 9.59 Å². The molecule has 2 atom stereocenters. The number of Topliss-reactive ketones (excluding diaryl/α,β-unsaturated/α-hetero) is 1. The second kappa shape index (κ2) is 10.1. The minimum atomic E-state index is -1.13. The molecule has 0 saturated heterocycles. The molecule has 2 aromatic rings. The van der Waals surface area contributed by atoms with Gasteiger partial charge in [0.2, 0.25) is 0 Å². The largest absolute Gasteiger partial charge is 0.504 e. The van der Waals surface area contributed by atoms with Crippen LogP contribution in [0, 0.1) is 5.92 Å². The van der Waals surface area contributed by atoms with Crippen LogP contribution in [0.1, 0.15) is 35.9 Å². The van der Waals surface area contributed by atoms with Gasteiger partial charge in [0.15, 0.2) is 17.3 Å². The molecule has 8 nitrogen and oxygen atoms in total. The van der Waals surface area contributed by atoms with E-state index in [1.165, 1.54) is 32.2 Å². The Labute approximate surface area is 173 Å². The van der Waals surface area contributed by atoms with Crippen LogP contribution in [0.15, 0.2) is 54.6 Å². The van der Waals surface area contributed by atoms with Gasteiger partial charge in [-0.2, -0.15) is 0 Å². The Kier molecular flexibility index (Phi) is 7.57. The average molecular weight is 413 g/mol. The maximum atomic E-state index is 12.4. The van der Waals surface area contributed by atoms with Gasteiger partial charge in [0.25, 0.3) is 0 Å². The number of carboxylic acid groups (broad SMARTS) is 1. The number of hydrogen-bond donors (Lipinski definition) is 3. The molecule has 0 bridgehead atoms. The fourth-order valence-electron chi connectivity index (χ4n) is 2.75. The number of ether oxygens (including phenoxy) is 2. The fourth-order valence-corrected chi connectivity index (χ4v) is 2.75. The number of methoxy groups -OCH3 is 1. The summed E-state index contributed by atoms with van der Waals surface area (Å²) in [5, 5.41) is 21.5. The number of amides is 1. The van der Waals surface area contributed by atoms with Crippen molar-refractivity contribution in [2.24, 2.45) is 5.92 Å². The molecule has 0 aliphatic heterocycles. The van der Waals surface area contributed by atoms with E-state index in [0.29, 0.717) is 16.8 Å². The maximum absolute atomic E-state index is 12.4. The number of carbonyl (C=O) groups is 3. The molecule has 0 spiro atoms. The number of carboxylic acids is 1. The normalized spacial score (nSPS) is 12.8. The Morgan fingerprint density at radius 1 is 1.10 bits per heavy atom. The molecule has 0 aromatic heterocycles. The van der Waals surface area contributed by atoms with Crippen LogP contribution >= 0.6 is 0 Å². The maximum Gasteiger partial charge on any atom is 0.412 e. The van der Waals surface area contributed by atoms with Crippen LogP contribution in [0.5, 0.6) is 11.5 Å². The topological polar surface area (TPSA) is 122 Å². The van der Waals surface area contributed by atoms with Crippen molar-refractivity contribution in [2.45, 2.75) is 20.0 Å². The molecule has 0 unspecified atom stereocenters. The number of aliphatic carboxylic acids is 1. The zero-order valence-electron chi connectivity index (χ0n) is 16.8. The first kappa shape index (κ1) is 22.5. The molecule has 0 heterocycles. The summed E-state index contributed by atoms with van der Waals surface area (Å²) < 4.78 is 10.5. The second-order valence-corrected chi connectivity index (χ2v) is 6.57. The number of nitrogens with one attached hydrogen (secondary N) is 1. The molecule has 0 radical (unpaired) electrons. The molecule has 0 aliphatic rings. The van der Waals surface area contributed by atoms with Crippen molar-refractivity contribution >= 4 is 23.5 Å². The Balaban J connectivity index is 2.23. The Morgan fingerprint density at radius 3 is 2.30 bits per heavy atom. The molecule has 158 valence electrons. The minimum Gasteiger partial charge on any atom is -0.504 e. The highest BCUT2D eigenvalue weighted by Gasteiger charge is 2.24. The molecule has 2 aromatic carbocycles. The van der Waals surface area contributed by atoms with E-state index in [2.05, 4.69) is 5.32 Å². The third kappa shape index (κ3) is 6.10. The molecular weight excluding hydrogens is 390 g/mol. The first-order valence-electron chi connectivity index (χ1n) is 9.08. The Hall–Kier alpha value is -3.81. The Morgan fingerprint density at radius 2 is 1.77 bits per heavy atom. The fraction of sp³-hybridized carbons (Fsp3) is 0.227. The van der Waals surface area contributed by atoms with Crippen molar-refractivity contribution in [3.63, 3.8) is 0 Å². The van der Waals surface area contributed by atoms with Gasteiger partial charge >= 0.3 is 12.1 Å². The summed E-state index contributed by atoms with van der Waals surface area (Å²) in [6.45, 7) is 3.12. The summed E-state index contributed by atoms with van der Waals surface area (Å²) in [4.78, 5) is 34.6. The van der Waals surface area contributed by atoms with E-state index < -0.39 is 24.1 Å². The summed E-state index contributed by atoms with van der Waals surface area (Å²) in [5.41, 5.74) is 1.39. The Bertz CT molecular complexity index is 950. The highest BCUT2D eigenvalue weighted by molar-refractivity contribution is 5.95. The van der Waals surface area contributed by atoms with Crippen molar-refractivity contribution in [1.82, 2.24) is 0 Å². The number of ketones is 1. The lowest BCUT2D eigenvalue weighted by atomic mass is 9.96. The molecule has 3 N–H and O–H groups in total.